The third-order valence-corrected chi connectivity index (χ3v) is 4.19. The molecule has 162 valence electrons. The number of furan rings is 1. The van der Waals surface area contributed by atoms with E-state index in [2.05, 4.69) is 10.9 Å². The second-order valence-corrected chi connectivity index (χ2v) is 6.49. The molecule has 0 bridgehead atoms. The number of rotatable bonds is 9. The van der Waals surface area contributed by atoms with Crippen LogP contribution >= 0.6 is 0 Å². The summed E-state index contributed by atoms with van der Waals surface area (Å²) in [6, 6.07) is 17.2. The van der Waals surface area contributed by atoms with E-state index in [9.17, 15) is 9.59 Å². The molecule has 0 aliphatic rings. The van der Waals surface area contributed by atoms with E-state index in [0.29, 0.717) is 35.2 Å². The van der Waals surface area contributed by atoms with Crippen LogP contribution in [0, 0.1) is 0 Å². The van der Waals surface area contributed by atoms with Crippen molar-refractivity contribution in [2.24, 2.45) is 0 Å². The summed E-state index contributed by atoms with van der Waals surface area (Å²) in [5.74, 6) is 1.11. The summed E-state index contributed by atoms with van der Waals surface area (Å²) in [7, 11) is 1.49. The largest absolute Gasteiger partial charge is 0.493 e. The van der Waals surface area contributed by atoms with Crippen LogP contribution in [0.4, 0.5) is 0 Å². The van der Waals surface area contributed by atoms with Crippen molar-refractivity contribution in [1.82, 2.24) is 10.9 Å². The molecule has 3 aromatic rings. The average Bonchev–Trinajstić information content (AvgIpc) is 3.29. The van der Waals surface area contributed by atoms with Gasteiger partial charge in [0.25, 0.3) is 5.91 Å². The molecular formula is C23H24N2O6. The van der Waals surface area contributed by atoms with Gasteiger partial charge in [0.15, 0.2) is 17.3 Å². The van der Waals surface area contributed by atoms with Crippen LogP contribution in [0.15, 0.2) is 65.1 Å². The van der Waals surface area contributed by atoms with E-state index < -0.39 is 11.8 Å². The summed E-state index contributed by atoms with van der Waals surface area (Å²) in [6.45, 7) is 2.71. The lowest BCUT2D eigenvalue weighted by Gasteiger charge is -2.12. The monoisotopic (exact) mass is 424 g/mol. The zero-order chi connectivity index (χ0) is 22.1. The number of benzene rings is 2. The predicted molar refractivity (Wildman–Crippen MR) is 113 cm³/mol. The molecule has 0 aliphatic heterocycles. The lowest BCUT2D eigenvalue weighted by atomic mass is 10.2. The summed E-state index contributed by atoms with van der Waals surface area (Å²) < 4.78 is 21.9. The van der Waals surface area contributed by atoms with Crippen molar-refractivity contribution >= 4 is 11.8 Å². The summed E-state index contributed by atoms with van der Waals surface area (Å²) in [5.41, 5.74) is 4.98. The number of hydrazine groups is 1. The van der Waals surface area contributed by atoms with Crippen molar-refractivity contribution in [1.29, 1.82) is 0 Å². The number of hydrogen-bond donors (Lipinski definition) is 2. The van der Waals surface area contributed by atoms with Crippen LogP contribution in [-0.2, 0) is 6.61 Å². The van der Waals surface area contributed by atoms with Gasteiger partial charge in [-0.15, -0.1) is 0 Å². The molecule has 0 fully saturated rings. The first-order valence-electron chi connectivity index (χ1n) is 9.78. The highest BCUT2D eigenvalue weighted by molar-refractivity contribution is 5.98. The highest BCUT2D eigenvalue weighted by Gasteiger charge is 2.15. The van der Waals surface area contributed by atoms with E-state index in [1.165, 1.54) is 13.2 Å². The fourth-order valence-corrected chi connectivity index (χ4v) is 2.64. The Kier molecular flexibility index (Phi) is 7.53. The molecule has 0 spiro atoms. The van der Waals surface area contributed by atoms with E-state index in [1.54, 1.807) is 24.3 Å². The number of carbonyl (C=O) groups excluding carboxylic acids is 2. The Morgan fingerprint density at radius 3 is 2.42 bits per heavy atom. The second-order valence-electron chi connectivity index (χ2n) is 6.49. The number of para-hydroxylation sites is 1. The molecule has 2 N–H and O–H groups in total. The Balaban J connectivity index is 1.53. The van der Waals surface area contributed by atoms with Crippen molar-refractivity contribution in [2.75, 3.05) is 13.7 Å². The van der Waals surface area contributed by atoms with Gasteiger partial charge in [0, 0.05) is 5.56 Å². The first-order valence-corrected chi connectivity index (χ1v) is 9.78. The van der Waals surface area contributed by atoms with E-state index in [1.807, 2.05) is 37.3 Å². The van der Waals surface area contributed by atoms with Gasteiger partial charge in [0.1, 0.15) is 18.1 Å². The molecule has 8 heteroatoms. The number of carbonyl (C=O) groups is 2. The zero-order valence-electron chi connectivity index (χ0n) is 17.3. The molecule has 0 saturated heterocycles. The standard InChI is InChI=1S/C23H24N2O6/c1-3-13-29-19-11-9-16(14-21(19)28-2)22(26)24-25-23(27)20-12-10-18(31-20)15-30-17-7-5-4-6-8-17/h4-12,14H,3,13,15H2,1-2H3,(H,24,26)(H,25,27). The number of amides is 2. The van der Waals surface area contributed by atoms with Gasteiger partial charge in [0.05, 0.1) is 13.7 Å². The lowest BCUT2D eigenvalue weighted by Crippen LogP contribution is -2.41. The molecule has 0 radical (unpaired) electrons. The van der Waals surface area contributed by atoms with Crippen LogP contribution < -0.4 is 25.1 Å². The van der Waals surface area contributed by atoms with Gasteiger partial charge >= 0.3 is 5.91 Å². The number of ether oxygens (including phenoxy) is 3. The molecule has 2 amide bonds. The van der Waals surface area contributed by atoms with Crippen molar-refractivity contribution in [2.45, 2.75) is 20.0 Å². The third-order valence-electron chi connectivity index (χ3n) is 4.19. The summed E-state index contributed by atoms with van der Waals surface area (Å²) >= 11 is 0. The molecule has 2 aromatic carbocycles. The quantitative estimate of drug-likeness (QED) is 0.508. The van der Waals surface area contributed by atoms with Gasteiger partial charge < -0.3 is 18.6 Å². The fraction of sp³-hybridized carbons (Fsp3) is 0.217. The molecule has 3 rings (SSSR count). The molecular weight excluding hydrogens is 400 g/mol. The molecule has 0 aliphatic carbocycles. The second kappa shape index (κ2) is 10.7. The van der Waals surface area contributed by atoms with Crippen molar-refractivity contribution in [3.05, 3.63) is 77.7 Å². The van der Waals surface area contributed by atoms with E-state index in [-0.39, 0.29) is 12.4 Å². The van der Waals surface area contributed by atoms with E-state index in [0.717, 1.165) is 6.42 Å². The van der Waals surface area contributed by atoms with Gasteiger partial charge in [-0.05, 0) is 48.9 Å². The first kappa shape index (κ1) is 21.8. The summed E-state index contributed by atoms with van der Waals surface area (Å²) in [4.78, 5) is 24.6. The zero-order valence-corrected chi connectivity index (χ0v) is 17.3. The summed E-state index contributed by atoms with van der Waals surface area (Å²) in [6.07, 6.45) is 0.851. The normalized spacial score (nSPS) is 10.3. The van der Waals surface area contributed by atoms with E-state index >= 15 is 0 Å². The Hall–Kier alpha value is -3.94. The third kappa shape index (κ3) is 6.02. The Labute approximate surface area is 180 Å². The maximum atomic E-state index is 12.4. The Morgan fingerprint density at radius 2 is 1.68 bits per heavy atom. The van der Waals surface area contributed by atoms with Crippen LogP contribution in [-0.4, -0.2) is 25.5 Å². The molecule has 0 saturated carbocycles. The predicted octanol–water partition coefficient (Wildman–Crippen LogP) is 3.73. The van der Waals surface area contributed by atoms with Gasteiger partial charge in [-0.1, -0.05) is 25.1 Å². The molecule has 31 heavy (non-hydrogen) atoms. The fourth-order valence-electron chi connectivity index (χ4n) is 2.64. The summed E-state index contributed by atoms with van der Waals surface area (Å²) in [5, 5.41) is 0. The molecule has 1 aromatic heterocycles. The SMILES string of the molecule is CCCOc1ccc(C(=O)NNC(=O)c2ccc(COc3ccccc3)o2)cc1OC. The van der Waals surface area contributed by atoms with Crippen LogP contribution in [0.2, 0.25) is 0 Å². The van der Waals surface area contributed by atoms with Gasteiger partial charge in [-0.25, -0.2) is 0 Å². The smallest absolute Gasteiger partial charge is 0.305 e. The minimum absolute atomic E-state index is 0.0489. The van der Waals surface area contributed by atoms with Crippen LogP contribution in [0.3, 0.4) is 0 Å². The maximum absolute atomic E-state index is 12.4. The highest BCUT2D eigenvalue weighted by atomic mass is 16.5. The number of nitrogens with one attached hydrogen (secondary N) is 2. The van der Waals surface area contributed by atoms with Crippen LogP contribution in [0.5, 0.6) is 17.2 Å². The average molecular weight is 424 g/mol. The maximum Gasteiger partial charge on any atom is 0.305 e. The number of hydrogen-bond acceptors (Lipinski definition) is 6. The van der Waals surface area contributed by atoms with Crippen LogP contribution in [0.1, 0.15) is 40.0 Å². The minimum Gasteiger partial charge on any atom is -0.493 e. The van der Waals surface area contributed by atoms with Crippen molar-refractivity contribution in [3.63, 3.8) is 0 Å². The Morgan fingerprint density at radius 1 is 0.903 bits per heavy atom. The number of methoxy groups -OCH3 is 1. The minimum atomic E-state index is -0.589. The van der Waals surface area contributed by atoms with Gasteiger partial charge in [-0.3, -0.25) is 20.4 Å². The van der Waals surface area contributed by atoms with Gasteiger partial charge in [0.2, 0.25) is 0 Å². The first-order chi connectivity index (χ1) is 15.1. The van der Waals surface area contributed by atoms with Crippen LogP contribution in [0.25, 0.3) is 0 Å². The molecule has 0 atom stereocenters. The molecule has 1 heterocycles. The Bertz CT molecular complexity index is 1020. The molecule has 8 nitrogen and oxygen atoms in total. The topological polar surface area (TPSA) is 99.0 Å². The molecule has 0 unspecified atom stereocenters. The highest BCUT2D eigenvalue weighted by Crippen LogP contribution is 2.28. The van der Waals surface area contributed by atoms with E-state index in [4.69, 9.17) is 18.6 Å². The van der Waals surface area contributed by atoms with Crippen molar-refractivity contribution in [3.8, 4) is 17.2 Å². The van der Waals surface area contributed by atoms with Crippen molar-refractivity contribution < 1.29 is 28.2 Å². The lowest BCUT2D eigenvalue weighted by molar-refractivity contribution is 0.0828. The van der Waals surface area contributed by atoms with Gasteiger partial charge in [-0.2, -0.15) is 0 Å².